The second-order valence-corrected chi connectivity index (χ2v) is 16.6. The van der Waals surface area contributed by atoms with Crippen LogP contribution in [0.25, 0.3) is 0 Å². The molecule has 32 heavy (non-hydrogen) atoms. The monoisotopic (exact) mass is 559 g/mol. The van der Waals surface area contributed by atoms with Crippen molar-refractivity contribution in [3.8, 4) is 0 Å². The molecule has 1 aromatic carbocycles. The molecule has 1 saturated carbocycles. The number of hydrogen-bond acceptors (Lipinski definition) is 3. The van der Waals surface area contributed by atoms with E-state index in [-0.39, 0.29) is 22.2 Å². The Labute approximate surface area is 212 Å². The molecule has 3 fully saturated rings. The van der Waals surface area contributed by atoms with Gasteiger partial charge in [0.25, 0.3) is 7.59 Å². The molecule has 4 rings (SSSR count). The van der Waals surface area contributed by atoms with E-state index in [9.17, 15) is 0 Å². The van der Waals surface area contributed by atoms with Gasteiger partial charge in [0.05, 0.1) is 10.1 Å². The molecule has 2 saturated heterocycles. The van der Waals surface area contributed by atoms with E-state index in [1.54, 1.807) is 0 Å². The summed E-state index contributed by atoms with van der Waals surface area (Å²) in [5, 5.41) is 3.91. The number of fused-ring (bicyclic) bond motifs is 1. The van der Waals surface area contributed by atoms with Gasteiger partial charge in [0, 0.05) is 28.6 Å². The Morgan fingerprint density at radius 2 is 1.59 bits per heavy atom. The molecule has 2 aliphatic heterocycles. The number of thioether (sulfide) groups is 2. The maximum Gasteiger partial charge on any atom is 0.285 e. The molecular formula is C24H39BrN3OPS2. The normalized spacial score (nSPS) is 29.4. The molecular weight excluding hydrogens is 521 g/mol. The van der Waals surface area contributed by atoms with Crippen LogP contribution in [-0.4, -0.2) is 49.1 Å². The van der Waals surface area contributed by atoms with Crippen LogP contribution < -0.4 is 5.09 Å². The fourth-order valence-electron chi connectivity index (χ4n) is 5.92. The van der Waals surface area contributed by atoms with E-state index in [1.807, 2.05) is 23.5 Å². The molecule has 3 atom stereocenters. The summed E-state index contributed by atoms with van der Waals surface area (Å²) in [4.78, 5) is 0. The summed E-state index contributed by atoms with van der Waals surface area (Å²) in [6.07, 6.45) is 6.04. The highest BCUT2D eigenvalue weighted by Gasteiger charge is 2.58. The zero-order chi connectivity index (χ0) is 23.1. The van der Waals surface area contributed by atoms with Gasteiger partial charge in [0.15, 0.2) is 0 Å². The minimum atomic E-state index is -2.98. The average Bonchev–Trinajstić information content (AvgIpc) is 3.01. The third-order valence-corrected chi connectivity index (χ3v) is 14.3. The maximum absolute atomic E-state index is 15.3. The number of nitrogens with one attached hydrogen (secondary N) is 1. The second-order valence-electron chi connectivity index (χ2n) is 10.1. The van der Waals surface area contributed by atoms with Gasteiger partial charge in [-0.25, -0.2) is 14.4 Å². The lowest BCUT2D eigenvalue weighted by atomic mass is 9.89. The molecule has 0 bridgehead atoms. The second kappa shape index (κ2) is 10.2. The summed E-state index contributed by atoms with van der Waals surface area (Å²) >= 11 is 7.74. The fraction of sp³-hybridized carbons (Fsp3) is 0.750. The van der Waals surface area contributed by atoms with Crippen molar-refractivity contribution in [1.29, 1.82) is 0 Å². The first kappa shape index (κ1) is 25.6. The molecule has 0 radical (unpaired) electrons. The molecule has 1 N–H and O–H groups in total. The maximum atomic E-state index is 15.3. The summed E-state index contributed by atoms with van der Waals surface area (Å²) in [5.74, 6) is 2.32. The van der Waals surface area contributed by atoms with Gasteiger partial charge >= 0.3 is 0 Å². The topological polar surface area (TPSA) is 35.6 Å². The van der Waals surface area contributed by atoms with E-state index in [0.29, 0.717) is 12.1 Å². The van der Waals surface area contributed by atoms with Crippen LogP contribution in [0.3, 0.4) is 0 Å². The van der Waals surface area contributed by atoms with Crippen molar-refractivity contribution in [2.75, 3.05) is 11.5 Å². The summed E-state index contributed by atoms with van der Waals surface area (Å²) < 4.78 is 21.1. The summed E-state index contributed by atoms with van der Waals surface area (Å²) in [6, 6.07) is 9.86. The lowest BCUT2D eigenvalue weighted by molar-refractivity contribution is 0.173. The molecule has 2 heterocycles. The molecule has 1 aromatic rings. The summed E-state index contributed by atoms with van der Waals surface area (Å²) in [5.41, 5.74) is 1.22. The minimum absolute atomic E-state index is 0.00351. The Morgan fingerprint density at radius 3 is 2.09 bits per heavy atom. The molecule has 0 aromatic heterocycles. The third kappa shape index (κ3) is 4.79. The van der Waals surface area contributed by atoms with Crippen LogP contribution in [0.1, 0.15) is 78.3 Å². The van der Waals surface area contributed by atoms with Crippen molar-refractivity contribution in [2.24, 2.45) is 0 Å². The highest BCUT2D eigenvalue weighted by molar-refractivity contribution is 9.10. The van der Waals surface area contributed by atoms with Crippen LogP contribution in [0.2, 0.25) is 0 Å². The van der Waals surface area contributed by atoms with Crippen molar-refractivity contribution in [3.05, 3.63) is 34.3 Å². The Morgan fingerprint density at radius 1 is 1.03 bits per heavy atom. The lowest BCUT2D eigenvalue weighted by Crippen LogP contribution is -2.44. The number of rotatable bonds is 6. The Hall–Kier alpha value is 0.510. The average molecular weight is 561 g/mol. The van der Waals surface area contributed by atoms with Crippen LogP contribution in [0.4, 0.5) is 0 Å². The molecule has 8 heteroatoms. The van der Waals surface area contributed by atoms with E-state index in [1.165, 1.54) is 24.8 Å². The first-order valence-electron chi connectivity index (χ1n) is 12.2. The predicted octanol–water partition coefficient (Wildman–Crippen LogP) is 7.52. The van der Waals surface area contributed by atoms with Gasteiger partial charge in [0.1, 0.15) is 0 Å². The molecule has 3 aliphatic rings. The van der Waals surface area contributed by atoms with E-state index >= 15 is 4.57 Å². The van der Waals surface area contributed by atoms with Crippen molar-refractivity contribution in [2.45, 2.75) is 101 Å². The van der Waals surface area contributed by atoms with Gasteiger partial charge < -0.3 is 0 Å². The number of benzene rings is 1. The Bertz CT molecular complexity index is 820. The zero-order valence-corrected chi connectivity index (χ0v) is 24.2. The first-order valence-corrected chi connectivity index (χ1v) is 16.5. The van der Waals surface area contributed by atoms with Gasteiger partial charge in [-0.1, -0.05) is 40.9 Å². The van der Waals surface area contributed by atoms with Crippen LogP contribution in [0.5, 0.6) is 0 Å². The molecule has 0 amide bonds. The molecule has 4 nitrogen and oxygen atoms in total. The Kier molecular flexibility index (Phi) is 8.19. The molecule has 0 spiro atoms. The van der Waals surface area contributed by atoms with Crippen molar-refractivity contribution < 1.29 is 4.57 Å². The van der Waals surface area contributed by atoms with Gasteiger partial charge in [0.2, 0.25) is 0 Å². The predicted molar refractivity (Wildman–Crippen MR) is 146 cm³/mol. The highest BCUT2D eigenvalue weighted by atomic mass is 79.9. The van der Waals surface area contributed by atoms with E-state index in [4.69, 9.17) is 0 Å². The molecule has 0 unspecified atom stereocenters. The van der Waals surface area contributed by atoms with E-state index < -0.39 is 7.59 Å². The van der Waals surface area contributed by atoms with Gasteiger partial charge in [-0.15, -0.1) is 23.5 Å². The van der Waals surface area contributed by atoms with Crippen molar-refractivity contribution in [1.82, 2.24) is 14.4 Å². The Balaban J connectivity index is 1.80. The van der Waals surface area contributed by atoms with Gasteiger partial charge in [-0.2, -0.15) is 0 Å². The quantitative estimate of drug-likeness (QED) is 0.363. The number of halogens is 1. The van der Waals surface area contributed by atoms with Crippen LogP contribution in [0.15, 0.2) is 28.7 Å². The van der Waals surface area contributed by atoms with E-state index in [0.717, 1.165) is 28.8 Å². The largest absolute Gasteiger partial charge is 0.285 e. The van der Waals surface area contributed by atoms with Crippen LogP contribution >= 0.6 is 47.0 Å². The van der Waals surface area contributed by atoms with Gasteiger partial charge in [-0.3, -0.25) is 4.57 Å². The smallest absolute Gasteiger partial charge is 0.270 e. The lowest BCUT2D eigenvalue weighted by Gasteiger charge is -2.45. The summed E-state index contributed by atoms with van der Waals surface area (Å²) in [7, 11) is -2.98. The summed E-state index contributed by atoms with van der Waals surface area (Å²) in [6.45, 7) is 11.3. The SMILES string of the molecule is CC(C)N1[C@@H]2CCCC[C@H]2N(C(C)C)P1(=O)N[C@H](c1cccc(Br)c1)C1(C)SCCCS1. The number of hydrogen-bond donors (Lipinski definition) is 1. The number of nitrogens with zero attached hydrogens (tertiary/aromatic N) is 2. The zero-order valence-electron chi connectivity index (χ0n) is 20.1. The fourth-order valence-corrected chi connectivity index (χ4v) is 13.5. The van der Waals surface area contributed by atoms with Crippen LogP contribution in [0, 0.1) is 0 Å². The van der Waals surface area contributed by atoms with Crippen molar-refractivity contribution in [3.63, 3.8) is 0 Å². The minimum Gasteiger partial charge on any atom is -0.270 e. The van der Waals surface area contributed by atoms with Crippen molar-refractivity contribution >= 4 is 47.0 Å². The third-order valence-electron chi connectivity index (χ3n) is 7.13. The molecule has 180 valence electrons. The van der Waals surface area contributed by atoms with Crippen LogP contribution in [-0.2, 0) is 4.57 Å². The van der Waals surface area contributed by atoms with Gasteiger partial charge in [-0.05, 0) is 83.1 Å². The highest BCUT2D eigenvalue weighted by Crippen LogP contribution is 2.65. The first-order chi connectivity index (χ1) is 15.2. The molecule has 1 aliphatic carbocycles. The van der Waals surface area contributed by atoms with E-state index in [2.05, 4.69) is 89.2 Å². The standard InChI is InChI=1S/C24H39BrN3OPS2/c1-17(2)27-21-12-6-7-13-22(21)28(18(3)4)30(27,29)26-23(19-10-8-11-20(25)16-19)24(5)31-14-9-15-32-24/h8,10-11,16-18,21-23H,6-7,9,12-15H2,1-5H3,(H,26,29)/t21-,22-,23-/m1/s1.